The maximum Gasteiger partial charge on any atom is 0.261 e. The van der Waals surface area contributed by atoms with Crippen LogP contribution in [0.25, 0.3) is 0 Å². The second kappa shape index (κ2) is 10.5. The van der Waals surface area contributed by atoms with Crippen LogP contribution in [0.1, 0.15) is 5.56 Å². The molecule has 3 aromatic carbocycles. The van der Waals surface area contributed by atoms with E-state index in [4.69, 9.17) is 9.47 Å². The zero-order chi connectivity index (χ0) is 23.1. The first-order valence-electron chi connectivity index (χ1n) is 9.65. The van der Waals surface area contributed by atoms with Gasteiger partial charge in [-0.25, -0.2) is 8.42 Å². The predicted molar refractivity (Wildman–Crippen MR) is 126 cm³/mol. The standard InChI is InChI=1S/C23H23BrN2O5S/c1-26(15-17-3-9-20(30-2)10-4-17)23(27)16-31-21-11-13-22(14-12-21)32(28,29)25-19-7-5-18(24)6-8-19/h3-14,25H,15-16H2,1-2H3. The Morgan fingerprint density at radius 2 is 1.53 bits per heavy atom. The Morgan fingerprint density at radius 3 is 2.12 bits per heavy atom. The highest BCUT2D eigenvalue weighted by atomic mass is 79.9. The highest BCUT2D eigenvalue weighted by Gasteiger charge is 2.15. The number of ether oxygens (including phenoxy) is 2. The summed E-state index contributed by atoms with van der Waals surface area (Å²) in [4.78, 5) is 14.0. The lowest BCUT2D eigenvalue weighted by Gasteiger charge is -2.18. The number of hydrogen-bond acceptors (Lipinski definition) is 5. The number of methoxy groups -OCH3 is 1. The smallest absolute Gasteiger partial charge is 0.261 e. The minimum atomic E-state index is -3.73. The van der Waals surface area contributed by atoms with E-state index >= 15 is 0 Å². The zero-order valence-corrected chi connectivity index (χ0v) is 20.0. The van der Waals surface area contributed by atoms with Gasteiger partial charge in [-0.2, -0.15) is 0 Å². The number of nitrogens with zero attached hydrogens (tertiary/aromatic N) is 1. The van der Waals surface area contributed by atoms with Gasteiger partial charge >= 0.3 is 0 Å². The fraction of sp³-hybridized carbons (Fsp3) is 0.174. The van der Waals surface area contributed by atoms with Gasteiger partial charge in [0, 0.05) is 23.8 Å². The molecule has 7 nitrogen and oxygen atoms in total. The number of halogens is 1. The van der Waals surface area contributed by atoms with Crippen LogP contribution in [0, 0.1) is 0 Å². The summed E-state index contributed by atoms with van der Waals surface area (Å²) >= 11 is 3.31. The number of carbonyl (C=O) groups is 1. The van der Waals surface area contributed by atoms with Gasteiger partial charge in [0.05, 0.1) is 12.0 Å². The van der Waals surface area contributed by atoms with Crippen LogP contribution in [0.15, 0.2) is 82.2 Å². The van der Waals surface area contributed by atoms with Crippen molar-refractivity contribution in [2.24, 2.45) is 0 Å². The SMILES string of the molecule is COc1ccc(CN(C)C(=O)COc2ccc(S(=O)(=O)Nc3ccc(Br)cc3)cc2)cc1. The summed E-state index contributed by atoms with van der Waals surface area (Å²) in [6, 6.07) is 20.2. The molecule has 9 heteroatoms. The van der Waals surface area contributed by atoms with E-state index in [1.165, 1.54) is 24.3 Å². The van der Waals surface area contributed by atoms with Gasteiger partial charge in [-0.15, -0.1) is 0 Å². The lowest BCUT2D eigenvalue weighted by Crippen LogP contribution is -2.30. The Kier molecular flexibility index (Phi) is 7.76. The molecule has 0 heterocycles. The summed E-state index contributed by atoms with van der Waals surface area (Å²) in [7, 11) is -0.438. The summed E-state index contributed by atoms with van der Waals surface area (Å²) in [6.45, 7) is 0.279. The normalized spacial score (nSPS) is 11.0. The van der Waals surface area contributed by atoms with Gasteiger partial charge in [0.2, 0.25) is 0 Å². The highest BCUT2D eigenvalue weighted by Crippen LogP contribution is 2.21. The van der Waals surface area contributed by atoms with E-state index in [9.17, 15) is 13.2 Å². The molecule has 3 aromatic rings. The quantitative estimate of drug-likeness (QED) is 0.456. The maximum atomic E-state index is 12.5. The van der Waals surface area contributed by atoms with Gasteiger partial charge in [-0.1, -0.05) is 28.1 Å². The molecule has 3 rings (SSSR count). The van der Waals surface area contributed by atoms with E-state index in [1.807, 2.05) is 24.3 Å². The third kappa shape index (κ3) is 6.48. The summed E-state index contributed by atoms with van der Waals surface area (Å²) in [5.41, 5.74) is 1.42. The van der Waals surface area contributed by atoms with Crippen molar-refractivity contribution in [3.05, 3.63) is 82.8 Å². The number of benzene rings is 3. The fourth-order valence-corrected chi connectivity index (χ4v) is 4.12. The highest BCUT2D eigenvalue weighted by molar-refractivity contribution is 9.10. The van der Waals surface area contributed by atoms with Crippen molar-refractivity contribution in [2.75, 3.05) is 25.5 Å². The minimum absolute atomic E-state index is 0.0933. The molecule has 0 saturated carbocycles. The van der Waals surface area contributed by atoms with E-state index in [2.05, 4.69) is 20.7 Å². The van der Waals surface area contributed by atoms with E-state index in [1.54, 1.807) is 43.3 Å². The van der Waals surface area contributed by atoms with Crippen LogP contribution in [0.3, 0.4) is 0 Å². The number of rotatable bonds is 9. The Morgan fingerprint density at radius 1 is 0.938 bits per heavy atom. The molecule has 32 heavy (non-hydrogen) atoms. The average Bonchev–Trinajstić information content (AvgIpc) is 2.79. The van der Waals surface area contributed by atoms with Gasteiger partial charge in [0.1, 0.15) is 11.5 Å². The molecular formula is C23H23BrN2O5S. The summed E-state index contributed by atoms with van der Waals surface area (Å²) in [6.07, 6.45) is 0. The number of likely N-dealkylation sites (N-methyl/N-ethyl adjacent to an activating group) is 1. The molecule has 0 spiro atoms. The zero-order valence-electron chi connectivity index (χ0n) is 17.6. The monoisotopic (exact) mass is 518 g/mol. The predicted octanol–water partition coefficient (Wildman–Crippen LogP) is 4.30. The third-order valence-corrected chi connectivity index (χ3v) is 6.52. The molecule has 0 aliphatic rings. The van der Waals surface area contributed by atoms with Crippen molar-refractivity contribution < 1.29 is 22.7 Å². The lowest BCUT2D eigenvalue weighted by atomic mass is 10.2. The third-order valence-electron chi connectivity index (χ3n) is 4.60. The van der Waals surface area contributed by atoms with Gasteiger partial charge < -0.3 is 14.4 Å². The van der Waals surface area contributed by atoms with E-state index in [0.717, 1.165) is 15.8 Å². The maximum absolute atomic E-state index is 12.5. The van der Waals surface area contributed by atoms with Gasteiger partial charge in [-0.05, 0) is 66.2 Å². The second-order valence-corrected chi connectivity index (χ2v) is 9.57. The number of amides is 1. The first-order chi connectivity index (χ1) is 15.3. The van der Waals surface area contributed by atoms with Gasteiger partial charge in [-0.3, -0.25) is 9.52 Å². The minimum Gasteiger partial charge on any atom is -0.497 e. The first-order valence-corrected chi connectivity index (χ1v) is 11.9. The number of hydrogen-bond donors (Lipinski definition) is 1. The molecule has 168 valence electrons. The van der Waals surface area contributed by atoms with Crippen molar-refractivity contribution in [3.63, 3.8) is 0 Å². The first kappa shape index (κ1) is 23.6. The molecule has 0 bridgehead atoms. The lowest BCUT2D eigenvalue weighted by molar-refractivity contribution is -0.132. The summed E-state index contributed by atoms with van der Waals surface area (Å²) in [5.74, 6) is 0.955. The average molecular weight is 519 g/mol. The molecule has 1 N–H and O–H groups in total. The molecule has 0 atom stereocenters. The van der Waals surface area contributed by atoms with Crippen LogP contribution < -0.4 is 14.2 Å². The molecule has 1 amide bonds. The molecule has 0 saturated heterocycles. The summed E-state index contributed by atoms with van der Waals surface area (Å²) < 4.78 is 39.1. The Labute approximate surface area is 196 Å². The topological polar surface area (TPSA) is 84.9 Å². The van der Waals surface area contributed by atoms with Crippen LogP contribution >= 0.6 is 15.9 Å². The fourth-order valence-electron chi connectivity index (χ4n) is 2.80. The number of nitrogens with one attached hydrogen (secondary N) is 1. The van der Waals surface area contributed by atoms with Crippen LogP contribution in [0.4, 0.5) is 5.69 Å². The van der Waals surface area contributed by atoms with Crippen molar-refractivity contribution in [1.29, 1.82) is 0 Å². The van der Waals surface area contributed by atoms with Crippen molar-refractivity contribution in [1.82, 2.24) is 4.90 Å². The van der Waals surface area contributed by atoms with Crippen molar-refractivity contribution in [2.45, 2.75) is 11.4 Å². The van der Waals surface area contributed by atoms with Gasteiger partial charge in [0.25, 0.3) is 15.9 Å². The molecule has 0 aliphatic carbocycles. The van der Waals surface area contributed by atoms with Crippen LogP contribution in [0.5, 0.6) is 11.5 Å². The second-order valence-electron chi connectivity index (χ2n) is 6.97. The molecule has 0 aliphatic heterocycles. The van der Waals surface area contributed by atoms with Crippen LogP contribution in [-0.2, 0) is 21.4 Å². The molecule has 0 fully saturated rings. The summed E-state index contributed by atoms with van der Waals surface area (Å²) in [5, 5.41) is 0. The van der Waals surface area contributed by atoms with Crippen molar-refractivity contribution >= 4 is 37.5 Å². The molecule has 0 radical (unpaired) electrons. The van der Waals surface area contributed by atoms with Crippen LogP contribution in [0.2, 0.25) is 0 Å². The molecule has 0 aromatic heterocycles. The number of sulfonamides is 1. The number of carbonyl (C=O) groups excluding carboxylic acids is 1. The van der Waals surface area contributed by atoms with Gasteiger partial charge in [0.15, 0.2) is 6.61 Å². The van der Waals surface area contributed by atoms with Crippen molar-refractivity contribution in [3.8, 4) is 11.5 Å². The Bertz CT molecular complexity index is 1150. The number of anilines is 1. The Hall–Kier alpha value is -3.04. The van der Waals surface area contributed by atoms with E-state index in [-0.39, 0.29) is 17.4 Å². The van der Waals surface area contributed by atoms with E-state index in [0.29, 0.717) is 18.0 Å². The van der Waals surface area contributed by atoms with E-state index < -0.39 is 10.0 Å². The Balaban J connectivity index is 1.54. The molecular weight excluding hydrogens is 496 g/mol. The van der Waals surface area contributed by atoms with Crippen LogP contribution in [-0.4, -0.2) is 40.0 Å². The molecule has 0 unspecified atom stereocenters. The largest absolute Gasteiger partial charge is 0.497 e.